The van der Waals surface area contributed by atoms with Crippen molar-refractivity contribution >= 4 is 53.3 Å². The molecule has 5 heteroatoms. The SMILES string of the molecule is c1ccc(-c2ccc3c(c2)c2ccc(-c4ccccc4)cc2n3-c2ccc3sc4cccc(-c5nc(-c6ccccc6)nc(-c6ccccc6)n5)c4c3c2)cc1. The normalized spacial score (nSPS) is 11.6. The molecular weight excluding hydrogens is 701 g/mol. The van der Waals surface area contributed by atoms with E-state index in [9.17, 15) is 0 Å². The molecule has 3 aromatic heterocycles. The fourth-order valence-electron chi connectivity index (χ4n) is 7.99. The van der Waals surface area contributed by atoms with Crippen molar-refractivity contribution in [3.8, 4) is 62.1 Å². The van der Waals surface area contributed by atoms with Gasteiger partial charge in [-0.05, 0) is 64.7 Å². The molecular formula is C51H32N4S. The maximum absolute atomic E-state index is 5.14. The first-order valence-corrected chi connectivity index (χ1v) is 19.6. The molecule has 8 aromatic carbocycles. The lowest BCUT2D eigenvalue weighted by Crippen LogP contribution is -2.00. The van der Waals surface area contributed by atoms with Crippen molar-refractivity contribution < 1.29 is 0 Å². The Hall–Kier alpha value is -7.21. The maximum Gasteiger partial charge on any atom is 0.164 e. The van der Waals surface area contributed by atoms with Gasteiger partial charge in [-0.15, -0.1) is 11.3 Å². The molecule has 0 saturated heterocycles. The first kappa shape index (κ1) is 32.2. The minimum atomic E-state index is 0.654. The topological polar surface area (TPSA) is 43.6 Å². The lowest BCUT2D eigenvalue weighted by molar-refractivity contribution is 1.08. The fourth-order valence-corrected chi connectivity index (χ4v) is 9.10. The molecule has 0 bridgehead atoms. The minimum absolute atomic E-state index is 0.654. The Kier molecular flexibility index (Phi) is 7.64. The Labute approximate surface area is 327 Å². The molecule has 0 spiro atoms. The van der Waals surface area contributed by atoms with Crippen LogP contribution in [0, 0.1) is 0 Å². The molecule has 0 N–H and O–H groups in total. The van der Waals surface area contributed by atoms with Gasteiger partial charge in [-0.3, -0.25) is 0 Å². The standard InChI is InChI=1S/C51H32N4S/c1-5-14-33(15-6-1)37-25-28-44-42(30-37)40-27-24-38(34-16-7-2-8-17-34)31-45(40)55(44)39-26-29-46-43(32-39)48-41(22-13-23-47(48)56-46)51-53-49(35-18-9-3-10-19-35)52-50(54-51)36-20-11-4-12-21-36/h1-32H. The number of fused-ring (bicyclic) bond motifs is 6. The van der Waals surface area contributed by atoms with Crippen LogP contribution < -0.4 is 0 Å². The number of hydrogen-bond donors (Lipinski definition) is 0. The van der Waals surface area contributed by atoms with Crippen LogP contribution in [-0.4, -0.2) is 19.5 Å². The Bertz CT molecular complexity index is 3170. The third-order valence-corrected chi connectivity index (χ3v) is 11.8. The van der Waals surface area contributed by atoms with Crippen LogP contribution in [0.1, 0.15) is 0 Å². The van der Waals surface area contributed by atoms with E-state index in [0.717, 1.165) is 27.8 Å². The van der Waals surface area contributed by atoms with Gasteiger partial charge >= 0.3 is 0 Å². The Morgan fingerprint density at radius 2 is 0.911 bits per heavy atom. The van der Waals surface area contributed by atoms with E-state index in [1.807, 2.05) is 36.4 Å². The van der Waals surface area contributed by atoms with E-state index in [1.165, 1.54) is 58.8 Å². The summed E-state index contributed by atoms with van der Waals surface area (Å²) in [6, 6.07) is 68.7. The molecule has 4 nitrogen and oxygen atoms in total. The van der Waals surface area contributed by atoms with E-state index in [-0.39, 0.29) is 0 Å². The summed E-state index contributed by atoms with van der Waals surface area (Å²) < 4.78 is 4.84. The van der Waals surface area contributed by atoms with Crippen LogP contribution in [0.4, 0.5) is 0 Å². The van der Waals surface area contributed by atoms with Crippen LogP contribution in [0.25, 0.3) is 104 Å². The molecule has 0 fully saturated rings. The average molecular weight is 733 g/mol. The molecule has 0 aliphatic carbocycles. The molecule has 3 heterocycles. The molecule has 0 amide bonds. The smallest absolute Gasteiger partial charge is 0.164 e. The van der Waals surface area contributed by atoms with Gasteiger partial charge < -0.3 is 4.57 Å². The zero-order valence-electron chi connectivity index (χ0n) is 30.2. The zero-order chi connectivity index (χ0) is 37.0. The van der Waals surface area contributed by atoms with Crippen LogP contribution in [0.3, 0.4) is 0 Å². The average Bonchev–Trinajstić information content (AvgIpc) is 3.82. The van der Waals surface area contributed by atoms with E-state index in [4.69, 9.17) is 15.0 Å². The van der Waals surface area contributed by atoms with Crippen molar-refractivity contribution in [1.82, 2.24) is 19.5 Å². The highest BCUT2D eigenvalue weighted by molar-refractivity contribution is 7.26. The second-order valence-corrected chi connectivity index (χ2v) is 15.1. The zero-order valence-corrected chi connectivity index (χ0v) is 31.0. The summed E-state index contributed by atoms with van der Waals surface area (Å²) in [6.45, 7) is 0. The van der Waals surface area contributed by atoms with Crippen LogP contribution in [-0.2, 0) is 0 Å². The second kappa shape index (κ2) is 13.3. The molecule has 11 rings (SSSR count). The van der Waals surface area contributed by atoms with E-state index < -0.39 is 0 Å². The molecule has 262 valence electrons. The number of nitrogens with zero attached hydrogens (tertiary/aromatic N) is 4. The summed E-state index contributed by atoms with van der Waals surface area (Å²) in [4.78, 5) is 15.2. The third kappa shape index (κ3) is 5.48. The van der Waals surface area contributed by atoms with Crippen molar-refractivity contribution in [3.63, 3.8) is 0 Å². The van der Waals surface area contributed by atoms with E-state index >= 15 is 0 Å². The predicted molar refractivity (Wildman–Crippen MR) is 234 cm³/mol. The minimum Gasteiger partial charge on any atom is -0.309 e. The summed E-state index contributed by atoms with van der Waals surface area (Å²) in [5.74, 6) is 1.97. The van der Waals surface area contributed by atoms with Crippen molar-refractivity contribution in [2.24, 2.45) is 0 Å². The highest BCUT2D eigenvalue weighted by Gasteiger charge is 2.19. The van der Waals surface area contributed by atoms with Gasteiger partial charge in [-0.2, -0.15) is 0 Å². The summed E-state index contributed by atoms with van der Waals surface area (Å²) in [5.41, 5.74) is 11.1. The lowest BCUT2D eigenvalue weighted by atomic mass is 10.0. The van der Waals surface area contributed by atoms with Gasteiger partial charge in [0.05, 0.1) is 11.0 Å². The summed E-state index contributed by atoms with van der Waals surface area (Å²) in [7, 11) is 0. The number of hydrogen-bond acceptors (Lipinski definition) is 4. The predicted octanol–water partition coefficient (Wildman–Crippen LogP) is 13.7. The Morgan fingerprint density at radius 3 is 1.55 bits per heavy atom. The van der Waals surface area contributed by atoms with Crippen molar-refractivity contribution in [2.45, 2.75) is 0 Å². The van der Waals surface area contributed by atoms with Gasteiger partial charge in [0.2, 0.25) is 0 Å². The van der Waals surface area contributed by atoms with E-state index in [0.29, 0.717) is 17.5 Å². The Morgan fingerprint density at radius 1 is 0.339 bits per heavy atom. The highest BCUT2D eigenvalue weighted by Crippen LogP contribution is 2.43. The van der Waals surface area contributed by atoms with Crippen molar-refractivity contribution in [2.75, 3.05) is 0 Å². The maximum atomic E-state index is 5.14. The third-order valence-electron chi connectivity index (χ3n) is 10.7. The second-order valence-electron chi connectivity index (χ2n) is 14.0. The number of thiophene rings is 1. The monoisotopic (exact) mass is 732 g/mol. The summed E-state index contributed by atoms with van der Waals surface area (Å²) >= 11 is 1.80. The molecule has 0 atom stereocenters. The number of benzene rings is 8. The summed E-state index contributed by atoms with van der Waals surface area (Å²) in [5, 5.41) is 4.77. The molecule has 0 radical (unpaired) electrons. The van der Waals surface area contributed by atoms with Crippen molar-refractivity contribution in [1.29, 1.82) is 0 Å². The van der Waals surface area contributed by atoms with Gasteiger partial charge in [-0.25, -0.2) is 15.0 Å². The van der Waals surface area contributed by atoms with E-state index in [1.54, 1.807) is 11.3 Å². The van der Waals surface area contributed by atoms with Crippen LogP contribution in [0.5, 0.6) is 0 Å². The molecule has 56 heavy (non-hydrogen) atoms. The molecule has 11 aromatic rings. The molecule has 0 aliphatic rings. The Balaban J connectivity index is 1.15. The van der Waals surface area contributed by atoms with Gasteiger partial charge in [0.1, 0.15) is 0 Å². The van der Waals surface area contributed by atoms with Gasteiger partial charge in [0, 0.05) is 53.3 Å². The van der Waals surface area contributed by atoms with Crippen molar-refractivity contribution in [3.05, 3.63) is 194 Å². The molecule has 0 unspecified atom stereocenters. The van der Waals surface area contributed by atoms with Crippen LogP contribution >= 0.6 is 11.3 Å². The van der Waals surface area contributed by atoms with Gasteiger partial charge in [0.15, 0.2) is 17.5 Å². The summed E-state index contributed by atoms with van der Waals surface area (Å²) in [6.07, 6.45) is 0. The number of rotatable bonds is 6. The van der Waals surface area contributed by atoms with Crippen LogP contribution in [0.2, 0.25) is 0 Å². The highest BCUT2D eigenvalue weighted by atomic mass is 32.1. The first-order chi connectivity index (χ1) is 27.7. The molecule has 0 saturated carbocycles. The van der Waals surface area contributed by atoms with Crippen LogP contribution in [0.15, 0.2) is 194 Å². The fraction of sp³-hybridized carbons (Fsp3) is 0. The first-order valence-electron chi connectivity index (χ1n) is 18.8. The van der Waals surface area contributed by atoms with Gasteiger partial charge in [-0.1, -0.05) is 152 Å². The largest absolute Gasteiger partial charge is 0.309 e. The molecule has 0 aliphatic heterocycles. The van der Waals surface area contributed by atoms with Gasteiger partial charge in [0.25, 0.3) is 0 Å². The lowest BCUT2D eigenvalue weighted by Gasteiger charge is -2.11. The number of aromatic nitrogens is 4. The quantitative estimate of drug-likeness (QED) is 0.171. The van der Waals surface area contributed by atoms with E-state index in [2.05, 4.69) is 162 Å².